The monoisotopic (exact) mass is 183 g/mol. The highest BCUT2D eigenvalue weighted by Crippen LogP contribution is 2.21. The third kappa shape index (κ3) is 1.50. The third-order valence-corrected chi connectivity index (χ3v) is 2.16. The molecule has 70 valence electrons. The van der Waals surface area contributed by atoms with Crippen LogP contribution in [0.3, 0.4) is 0 Å². The highest BCUT2D eigenvalue weighted by Gasteiger charge is 2.32. The zero-order chi connectivity index (χ0) is 9.26. The topological polar surface area (TPSA) is 104 Å². The number of rotatable bonds is 2. The van der Waals surface area contributed by atoms with Gasteiger partial charge in [-0.25, -0.2) is 0 Å². The Morgan fingerprint density at radius 2 is 2.46 bits per heavy atom. The first-order chi connectivity index (χ1) is 6.27. The molecule has 13 heavy (non-hydrogen) atoms. The number of aromatic amines is 1. The predicted molar refractivity (Wildman–Crippen MR) is 41.0 cm³/mol. The van der Waals surface area contributed by atoms with Crippen molar-refractivity contribution in [3.05, 3.63) is 5.82 Å². The Kier molecular flexibility index (Phi) is 1.93. The molecule has 0 bridgehead atoms. The van der Waals surface area contributed by atoms with E-state index in [2.05, 4.69) is 25.9 Å². The number of carbonyl (C=O) groups is 1. The SMILES string of the molecule is O=C(O)[C@@H]1C[C@H](c2nn[nH]n2)CN1. The number of nitrogens with zero attached hydrogens (tertiary/aromatic N) is 3. The van der Waals surface area contributed by atoms with Crippen LogP contribution in [0.1, 0.15) is 18.2 Å². The summed E-state index contributed by atoms with van der Waals surface area (Å²) >= 11 is 0. The number of tetrazole rings is 1. The van der Waals surface area contributed by atoms with Crippen LogP contribution in [-0.2, 0) is 4.79 Å². The summed E-state index contributed by atoms with van der Waals surface area (Å²) in [6.45, 7) is 0.594. The highest BCUT2D eigenvalue weighted by molar-refractivity contribution is 5.74. The molecule has 2 rings (SSSR count). The van der Waals surface area contributed by atoms with Crippen LogP contribution >= 0.6 is 0 Å². The van der Waals surface area contributed by atoms with Crippen LogP contribution in [0, 0.1) is 0 Å². The van der Waals surface area contributed by atoms with Gasteiger partial charge in [0.05, 0.1) is 0 Å². The van der Waals surface area contributed by atoms with Crippen molar-refractivity contribution in [1.82, 2.24) is 25.9 Å². The van der Waals surface area contributed by atoms with Crippen molar-refractivity contribution >= 4 is 5.97 Å². The molecule has 7 heteroatoms. The lowest BCUT2D eigenvalue weighted by Gasteiger charge is -2.01. The lowest BCUT2D eigenvalue weighted by atomic mass is 10.1. The maximum Gasteiger partial charge on any atom is 0.320 e. The molecule has 1 aliphatic heterocycles. The minimum absolute atomic E-state index is 0.0554. The first-order valence-corrected chi connectivity index (χ1v) is 3.97. The van der Waals surface area contributed by atoms with Gasteiger partial charge in [0.25, 0.3) is 0 Å². The van der Waals surface area contributed by atoms with Gasteiger partial charge in [-0.3, -0.25) is 4.79 Å². The van der Waals surface area contributed by atoms with Gasteiger partial charge in [-0.1, -0.05) is 5.21 Å². The van der Waals surface area contributed by atoms with E-state index < -0.39 is 12.0 Å². The van der Waals surface area contributed by atoms with Crippen LogP contribution in [0.2, 0.25) is 0 Å². The number of hydrogen-bond acceptors (Lipinski definition) is 5. The maximum absolute atomic E-state index is 10.6. The van der Waals surface area contributed by atoms with Crippen molar-refractivity contribution in [3.63, 3.8) is 0 Å². The fourth-order valence-corrected chi connectivity index (χ4v) is 1.46. The van der Waals surface area contributed by atoms with Crippen LogP contribution < -0.4 is 5.32 Å². The second-order valence-corrected chi connectivity index (χ2v) is 3.00. The van der Waals surface area contributed by atoms with Crippen molar-refractivity contribution in [3.8, 4) is 0 Å². The first-order valence-electron chi connectivity index (χ1n) is 3.97. The number of aliphatic carboxylic acids is 1. The van der Waals surface area contributed by atoms with Gasteiger partial charge in [-0.2, -0.15) is 5.21 Å². The molecule has 1 fully saturated rings. The summed E-state index contributed by atoms with van der Waals surface area (Å²) in [6.07, 6.45) is 0.523. The van der Waals surface area contributed by atoms with E-state index in [1.165, 1.54) is 0 Å². The van der Waals surface area contributed by atoms with Gasteiger partial charge in [-0.05, 0) is 6.42 Å². The molecule has 7 nitrogen and oxygen atoms in total. The molecule has 0 amide bonds. The van der Waals surface area contributed by atoms with Crippen molar-refractivity contribution in [2.45, 2.75) is 18.4 Å². The summed E-state index contributed by atoms with van der Waals surface area (Å²) in [4.78, 5) is 10.6. The fourth-order valence-electron chi connectivity index (χ4n) is 1.46. The standard InChI is InChI=1S/C6H9N5O2/c12-6(13)4-1-3(2-7-4)5-8-10-11-9-5/h3-4,7H,1-2H2,(H,12,13)(H,8,9,10,11)/t3-,4-/m0/s1. The number of carboxylic acid groups (broad SMARTS) is 1. The van der Waals surface area contributed by atoms with Gasteiger partial charge in [0, 0.05) is 12.5 Å². The molecule has 3 N–H and O–H groups in total. The zero-order valence-corrected chi connectivity index (χ0v) is 6.77. The summed E-state index contributed by atoms with van der Waals surface area (Å²) < 4.78 is 0. The number of nitrogens with one attached hydrogen (secondary N) is 2. The van der Waals surface area contributed by atoms with Crippen molar-refractivity contribution in [2.24, 2.45) is 0 Å². The van der Waals surface area contributed by atoms with E-state index in [1.54, 1.807) is 0 Å². The average molecular weight is 183 g/mol. The highest BCUT2D eigenvalue weighted by atomic mass is 16.4. The van der Waals surface area contributed by atoms with Gasteiger partial charge in [0.1, 0.15) is 6.04 Å². The normalized spacial score (nSPS) is 27.7. The summed E-state index contributed by atoms with van der Waals surface area (Å²) in [5, 5.41) is 25.0. The number of aromatic nitrogens is 4. The molecule has 0 unspecified atom stereocenters. The van der Waals surface area contributed by atoms with Crippen LogP contribution in [0.4, 0.5) is 0 Å². The van der Waals surface area contributed by atoms with E-state index >= 15 is 0 Å². The van der Waals surface area contributed by atoms with E-state index in [-0.39, 0.29) is 5.92 Å². The third-order valence-electron chi connectivity index (χ3n) is 2.16. The minimum Gasteiger partial charge on any atom is -0.480 e. The maximum atomic E-state index is 10.6. The smallest absolute Gasteiger partial charge is 0.320 e. The number of carboxylic acids is 1. The second-order valence-electron chi connectivity index (χ2n) is 3.00. The molecule has 0 spiro atoms. The molecule has 1 aromatic heterocycles. The Morgan fingerprint density at radius 3 is 3.00 bits per heavy atom. The summed E-state index contributed by atoms with van der Waals surface area (Å²) in [6, 6.07) is -0.483. The Morgan fingerprint density at radius 1 is 1.62 bits per heavy atom. The Labute approximate surface area is 73.5 Å². The van der Waals surface area contributed by atoms with E-state index in [0.717, 1.165) is 0 Å². The van der Waals surface area contributed by atoms with Crippen LogP contribution in [0.5, 0.6) is 0 Å². The van der Waals surface area contributed by atoms with Crippen LogP contribution in [0.15, 0.2) is 0 Å². The second kappa shape index (κ2) is 3.09. The van der Waals surface area contributed by atoms with E-state index in [0.29, 0.717) is 18.8 Å². The van der Waals surface area contributed by atoms with Gasteiger partial charge < -0.3 is 10.4 Å². The lowest BCUT2D eigenvalue weighted by Crippen LogP contribution is -2.29. The average Bonchev–Trinajstić information content (AvgIpc) is 2.75. The molecule has 0 radical (unpaired) electrons. The molecule has 2 heterocycles. The lowest BCUT2D eigenvalue weighted by molar-refractivity contribution is -0.139. The summed E-state index contributed by atoms with van der Waals surface area (Å²) in [5.41, 5.74) is 0. The molecule has 0 aliphatic carbocycles. The van der Waals surface area contributed by atoms with Gasteiger partial charge in [0.15, 0.2) is 5.82 Å². The minimum atomic E-state index is -0.828. The predicted octanol–water partition coefficient (Wildman–Crippen LogP) is -1.27. The largest absolute Gasteiger partial charge is 0.480 e. The quantitative estimate of drug-likeness (QED) is 0.528. The van der Waals surface area contributed by atoms with Gasteiger partial charge in [0.2, 0.25) is 0 Å². The Hall–Kier alpha value is -1.50. The molecule has 1 aromatic rings. The van der Waals surface area contributed by atoms with E-state index in [4.69, 9.17) is 5.11 Å². The fraction of sp³-hybridized carbons (Fsp3) is 0.667. The Bertz CT molecular complexity index is 298. The van der Waals surface area contributed by atoms with Gasteiger partial charge >= 0.3 is 5.97 Å². The van der Waals surface area contributed by atoms with Crippen molar-refractivity contribution < 1.29 is 9.90 Å². The zero-order valence-electron chi connectivity index (χ0n) is 6.77. The van der Waals surface area contributed by atoms with Crippen molar-refractivity contribution in [2.75, 3.05) is 6.54 Å². The van der Waals surface area contributed by atoms with Crippen molar-refractivity contribution in [1.29, 1.82) is 0 Å². The molecule has 1 aliphatic rings. The molecule has 1 saturated heterocycles. The first kappa shape index (κ1) is 8.11. The number of hydrogen-bond donors (Lipinski definition) is 3. The molecular formula is C6H9N5O2. The molecule has 0 aromatic carbocycles. The van der Waals surface area contributed by atoms with E-state index in [1.807, 2.05) is 0 Å². The van der Waals surface area contributed by atoms with E-state index in [9.17, 15) is 4.79 Å². The molecule has 0 saturated carbocycles. The molecule has 2 atom stereocenters. The molecular weight excluding hydrogens is 174 g/mol. The summed E-state index contributed by atoms with van der Waals surface area (Å²) in [7, 11) is 0. The number of H-pyrrole nitrogens is 1. The van der Waals surface area contributed by atoms with Crippen LogP contribution in [0.25, 0.3) is 0 Å². The van der Waals surface area contributed by atoms with Gasteiger partial charge in [-0.15, -0.1) is 10.2 Å². The summed E-state index contributed by atoms with van der Waals surface area (Å²) in [5.74, 6) is -0.193. The van der Waals surface area contributed by atoms with Crippen LogP contribution in [-0.4, -0.2) is 44.3 Å². The Balaban J connectivity index is 2.03.